The van der Waals surface area contributed by atoms with Crippen LogP contribution in [0.5, 0.6) is 5.75 Å². The van der Waals surface area contributed by atoms with Crippen LogP contribution < -0.4 is 4.74 Å². The molecule has 2 aromatic rings. The molecule has 1 aromatic heterocycles. The van der Waals surface area contributed by atoms with Gasteiger partial charge in [-0.05, 0) is 42.8 Å². The fourth-order valence-electron chi connectivity index (χ4n) is 3.77. The SMILES string of the molecule is COCCN1C(=O)C(=O)/C(=C(\O)c2ccc3c(c2)CC(C)O3)C1c1ccco1. The minimum absolute atomic E-state index is 0.0166. The second kappa shape index (κ2) is 7.16. The Morgan fingerprint density at radius 2 is 2.14 bits per heavy atom. The third-order valence-corrected chi connectivity index (χ3v) is 5.06. The minimum atomic E-state index is -0.798. The zero-order valence-corrected chi connectivity index (χ0v) is 15.7. The summed E-state index contributed by atoms with van der Waals surface area (Å²) in [5, 5.41) is 11.0. The fraction of sp³-hybridized carbons (Fsp3) is 0.333. The number of nitrogens with zero attached hydrogens (tertiary/aromatic N) is 1. The third-order valence-electron chi connectivity index (χ3n) is 5.06. The number of benzene rings is 1. The molecule has 0 aliphatic carbocycles. The Morgan fingerprint density at radius 1 is 1.32 bits per heavy atom. The molecule has 0 spiro atoms. The molecule has 2 unspecified atom stereocenters. The zero-order valence-electron chi connectivity index (χ0n) is 15.7. The number of hydrogen-bond donors (Lipinski definition) is 1. The van der Waals surface area contributed by atoms with Gasteiger partial charge in [0.1, 0.15) is 29.4 Å². The topological polar surface area (TPSA) is 89.2 Å². The van der Waals surface area contributed by atoms with E-state index >= 15 is 0 Å². The van der Waals surface area contributed by atoms with Crippen LogP contribution in [0.15, 0.2) is 46.6 Å². The van der Waals surface area contributed by atoms with Crippen molar-refractivity contribution in [1.82, 2.24) is 4.90 Å². The molecule has 1 saturated heterocycles. The first-order chi connectivity index (χ1) is 13.5. The van der Waals surface area contributed by atoms with Crippen LogP contribution in [-0.4, -0.2) is 48.1 Å². The largest absolute Gasteiger partial charge is 0.507 e. The van der Waals surface area contributed by atoms with Crippen LogP contribution in [0, 0.1) is 0 Å². The summed E-state index contributed by atoms with van der Waals surface area (Å²) in [7, 11) is 1.52. The summed E-state index contributed by atoms with van der Waals surface area (Å²) in [5.41, 5.74) is 1.44. The molecule has 1 amide bonds. The van der Waals surface area contributed by atoms with E-state index in [9.17, 15) is 14.7 Å². The van der Waals surface area contributed by atoms with Crippen molar-refractivity contribution in [1.29, 1.82) is 0 Å². The van der Waals surface area contributed by atoms with Crippen molar-refractivity contribution in [2.75, 3.05) is 20.3 Å². The Bertz CT molecular complexity index is 946. The number of likely N-dealkylation sites (tertiary alicyclic amines) is 1. The number of aliphatic hydroxyl groups is 1. The number of methoxy groups -OCH3 is 1. The maximum atomic E-state index is 12.8. The lowest BCUT2D eigenvalue weighted by molar-refractivity contribution is -0.140. The van der Waals surface area contributed by atoms with Crippen molar-refractivity contribution < 1.29 is 28.6 Å². The highest BCUT2D eigenvalue weighted by molar-refractivity contribution is 6.46. The molecule has 1 fully saturated rings. The summed E-state index contributed by atoms with van der Waals surface area (Å²) in [4.78, 5) is 26.7. The first-order valence-electron chi connectivity index (χ1n) is 9.12. The van der Waals surface area contributed by atoms with Crippen molar-refractivity contribution in [2.24, 2.45) is 0 Å². The van der Waals surface area contributed by atoms with Gasteiger partial charge in [-0.2, -0.15) is 0 Å². The highest BCUT2D eigenvalue weighted by Crippen LogP contribution is 2.40. The second-order valence-electron chi connectivity index (χ2n) is 6.96. The van der Waals surface area contributed by atoms with Gasteiger partial charge in [0, 0.05) is 25.6 Å². The lowest BCUT2D eigenvalue weighted by atomic mass is 9.97. The maximum Gasteiger partial charge on any atom is 0.295 e. The van der Waals surface area contributed by atoms with Gasteiger partial charge in [0.15, 0.2) is 0 Å². The number of Topliss-reactive ketones (excluding diaryl/α,β-unsaturated/α-hetero) is 1. The molecule has 0 bridgehead atoms. The van der Waals surface area contributed by atoms with Crippen LogP contribution in [0.3, 0.4) is 0 Å². The van der Waals surface area contributed by atoms with Gasteiger partial charge in [0.05, 0.1) is 18.4 Å². The normalized spacial score (nSPS) is 23.1. The highest BCUT2D eigenvalue weighted by atomic mass is 16.5. The predicted molar refractivity (Wildman–Crippen MR) is 99.8 cm³/mol. The van der Waals surface area contributed by atoms with Gasteiger partial charge < -0.3 is 23.9 Å². The molecular formula is C21H21NO6. The number of rotatable bonds is 5. The summed E-state index contributed by atoms with van der Waals surface area (Å²) >= 11 is 0. The fourth-order valence-corrected chi connectivity index (χ4v) is 3.77. The molecule has 1 N–H and O–H groups in total. The summed E-state index contributed by atoms with van der Waals surface area (Å²) in [6.07, 6.45) is 2.26. The van der Waals surface area contributed by atoms with Gasteiger partial charge in [-0.3, -0.25) is 9.59 Å². The van der Waals surface area contributed by atoms with Crippen LogP contribution in [0.25, 0.3) is 5.76 Å². The molecule has 2 atom stereocenters. The summed E-state index contributed by atoms with van der Waals surface area (Å²) < 4.78 is 16.2. The Kier molecular flexibility index (Phi) is 4.68. The number of aliphatic hydroxyl groups excluding tert-OH is 1. The quantitative estimate of drug-likeness (QED) is 0.485. The molecule has 0 radical (unpaired) electrons. The van der Waals surface area contributed by atoms with E-state index in [1.54, 1.807) is 30.3 Å². The average molecular weight is 383 g/mol. The van der Waals surface area contributed by atoms with Crippen LogP contribution >= 0.6 is 0 Å². The summed E-state index contributed by atoms with van der Waals surface area (Å²) in [6, 6.07) is 7.83. The van der Waals surface area contributed by atoms with Crippen molar-refractivity contribution >= 4 is 17.4 Å². The van der Waals surface area contributed by atoms with Crippen LogP contribution in [0.2, 0.25) is 0 Å². The number of ketones is 1. The maximum absolute atomic E-state index is 12.8. The first-order valence-corrected chi connectivity index (χ1v) is 9.12. The number of fused-ring (bicyclic) bond motifs is 1. The Morgan fingerprint density at radius 3 is 2.86 bits per heavy atom. The molecule has 0 saturated carbocycles. The number of carbonyl (C=O) groups is 2. The molecule has 2 aliphatic rings. The average Bonchev–Trinajstić information content (AvgIpc) is 3.38. The molecular weight excluding hydrogens is 362 g/mol. The van der Waals surface area contributed by atoms with E-state index in [0.717, 1.165) is 17.7 Å². The molecule has 1 aromatic carbocycles. The summed E-state index contributed by atoms with van der Waals surface area (Å²) in [5.74, 6) is -0.456. The number of ether oxygens (including phenoxy) is 2. The highest BCUT2D eigenvalue weighted by Gasteiger charge is 2.47. The molecule has 3 heterocycles. The van der Waals surface area contributed by atoms with Gasteiger partial charge in [0.25, 0.3) is 11.7 Å². The van der Waals surface area contributed by atoms with E-state index in [4.69, 9.17) is 13.9 Å². The van der Waals surface area contributed by atoms with E-state index in [1.807, 2.05) is 6.92 Å². The number of furan rings is 1. The monoisotopic (exact) mass is 383 g/mol. The number of hydrogen-bond acceptors (Lipinski definition) is 6. The van der Waals surface area contributed by atoms with E-state index in [0.29, 0.717) is 11.3 Å². The molecule has 2 aliphatic heterocycles. The van der Waals surface area contributed by atoms with Gasteiger partial charge in [0.2, 0.25) is 0 Å². The van der Waals surface area contributed by atoms with Crippen LogP contribution in [0.1, 0.15) is 29.9 Å². The van der Waals surface area contributed by atoms with Gasteiger partial charge >= 0.3 is 0 Å². The van der Waals surface area contributed by atoms with E-state index in [-0.39, 0.29) is 30.6 Å². The minimum Gasteiger partial charge on any atom is -0.507 e. The Hall–Kier alpha value is -3.06. The lowest BCUT2D eigenvalue weighted by Gasteiger charge is -2.22. The van der Waals surface area contributed by atoms with Crippen molar-refractivity contribution in [2.45, 2.75) is 25.5 Å². The molecule has 28 heavy (non-hydrogen) atoms. The van der Waals surface area contributed by atoms with Crippen LogP contribution in [-0.2, 0) is 20.7 Å². The van der Waals surface area contributed by atoms with Gasteiger partial charge in [-0.15, -0.1) is 0 Å². The summed E-state index contributed by atoms with van der Waals surface area (Å²) in [6.45, 7) is 2.44. The standard InChI is InChI=1S/C21H21NO6/c1-12-10-14-11-13(5-6-15(14)28-12)19(23)17-18(16-4-3-8-27-16)22(7-9-26-2)21(25)20(17)24/h3-6,8,11-12,18,23H,7,9-10H2,1-2H3/b19-17-. The number of amides is 1. The van der Waals surface area contributed by atoms with Gasteiger partial charge in [-0.25, -0.2) is 0 Å². The molecule has 7 nitrogen and oxygen atoms in total. The predicted octanol–water partition coefficient (Wildman–Crippen LogP) is 2.67. The van der Waals surface area contributed by atoms with Gasteiger partial charge in [-0.1, -0.05) is 0 Å². The van der Waals surface area contributed by atoms with E-state index in [1.165, 1.54) is 18.3 Å². The third kappa shape index (κ3) is 2.97. The van der Waals surface area contributed by atoms with Crippen molar-refractivity contribution in [3.8, 4) is 5.75 Å². The lowest BCUT2D eigenvalue weighted by Crippen LogP contribution is -2.32. The molecule has 146 valence electrons. The number of carbonyl (C=O) groups excluding carboxylic acids is 2. The molecule has 4 rings (SSSR count). The second-order valence-corrected chi connectivity index (χ2v) is 6.96. The van der Waals surface area contributed by atoms with Crippen LogP contribution in [0.4, 0.5) is 0 Å². The van der Waals surface area contributed by atoms with Crippen molar-refractivity contribution in [3.05, 3.63) is 59.1 Å². The smallest absolute Gasteiger partial charge is 0.295 e. The first kappa shape index (κ1) is 18.3. The zero-order chi connectivity index (χ0) is 19.8. The molecule has 7 heteroatoms. The van der Waals surface area contributed by atoms with E-state index in [2.05, 4.69) is 0 Å². The Balaban J connectivity index is 1.80. The van der Waals surface area contributed by atoms with E-state index < -0.39 is 17.7 Å². The van der Waals surface area contributed by atoms with Crippen molar-refractivity contribution in [3.63, 3.8) is 0 Å². The Labute approximate surface area is 162 Å².